The van der Waals surface area contributed by atoms with Crippen LogP contribution in [0.25, 0.3) is 0 Å². The van der Waals surface area contributed by atoms with E-state index in [0.717, 1.165) is 17.9 Å². The van der Waals surface area contributed by atoms with Crippen LogP contribution in [0.15, 0.2) is 6.07 Å². The molecule has 1 saturated carbocycles. The summed E-state index contributed by atoms with van der Waals surface area (Å²) in [4.78, 5) is 18.0. The summed E-state index contributed by atoms with van der Waals surface area (Å²) >= 11 is 0. The number of piperidine rings is 1. The Labute approximate surface area is 145 Å². The van der Waals surface area contributed by atoms with E-state index in [2.05, 4.69) is 28.9 Å². The second-order valence-corrected chi connectivity index (χ2v) is 8.51. The Morgan fingerprint density at radius 2 is 2.00 bits per heavy atom. The highest BCUT2D eigenvalue weighted by Crippen LogP contribution is 2.52. The van der Waals surface area contributed by atoms with Crippen molar-refractivity contribution in [3.05, 3.63) is 17.5 Å². The lowest BCUT2D eigenvalue weighted by molar-refractivity contribution is -0.135. The second-order valence-electron chi connectivity index (χ2n) is 8.51. The highest BCUT2D eigenvalue weighted by molar-refractivity contribution is 5.77. The van der Waals surface area contributed by atoms with Crippen LogP contribution in [-0.4, -0.2) is 57.2 Å². The minimum Gasteiger partial charge on any atom is -0.333 e. The molecule has 0 spiro atoms. The first-order valence-corrected chi connectivity index (χ1v) is 9.42. The average molecular weight is 330 g/mol. The summed E-state index contributed by atoms with van der Waals surface area (Å²) in [6.07, 6.45) is 6.18. The molecule has 24 heavy (non-hydrogen) atoms. The molecule has 4 atom stereocenters. The number of aryl methyl sites for hydroxylation is 2. The molecule has 1 amide bonds. The second kappa shape index (κ2) is 5.58. The van der Waals surface area contributed by atoms with Gasteiger partial charge in [0.1, 0.15) is 6.54 Å². The number of fused-ring (bicyclic) bond motifs is 1. The summed E-state index contributed by atoms with van der Waals surface area (Å²) in [5.41, 5.74) is 2.32. The van der Waals surface area contributed by atoms with Gasteiger partial charge in [0.15, 0.2) is 0 Å². The van der Waals surface area contributed by atoms with Crippen molar-refractivity contribution in [2.75, 3.05) is 13.6 Å². The number of carbonyl (C=O) groups excluding carboxylic acids is 1. The molecule has 0 aromatic carbocycles. The maximum Gasteiger partial charge on any atom is 0.244 e. The van der Waals surface area contributed by atoms with Crippen molar-refractivity contribution in [3.63, 3.8) is 0 Å². The van der Waals surface area contributed by atoms with Crippen molar-refractivity contribution < 1.29 is 4.79 Å². The van der Waals surface area contributed by atoms with E-state index in [-0.39, 0.29) is 11.3 Å². The Kier molecular flexibility index (Phi) is 3.75. The number of likely N-dealkylation sites (tertiary alicyclic amines) is 2. The zero-order valence-corrected chi connectivity index (χ0v) is 15.5. The molecule has 5 nitrogen and oxygen atoms in total. The van der Waals surface area contributed by atoms with E-state index in [0.29, 0.717) is 24.7 Å². The highest BCUT2D eigenvalue weighted by atomic mass is 16.2. The molecular formula is C19H30N4O. The van der Waals surface area contributed by atoms with E-state index in [4.69, 9.17) is 0 Å². The van der Waals surface area contributed by atoms with E-state index in [1.807, 2.05) is 24.6 Å². The first kappa shape index (κ1) is 16.1. The van der Waals surface area contributed by atoms with Crippen LogP contribution in [0.2, 0.25) is 0 Å². The molecule has 0 unspecified atom stereocenters. The van der Waals surface area contributed by atoms with Gasteiger partial charge in [0.05, 0.1) is 5.69 Å². The number of hydrogen-bond acceptors (Lipinski definition) is 3. The fraction of sp³-hybridized carbons (Fsp3) is 0.789. The van der Waals surface area contributed by atoms with E-state index in [1.54, 1.807) is 0 Å². The smallest absolute Gasteiger partial charge is 0.244 e. The molecule has 4 rings (SSSR count). The highest BCUT2D eigenvalue weighted by Gasteiger charge is 2.58. The van der Waals surface area contributed by atoms with Gasteiger partial charge in [-0.1, -0.05) is 19.8 Å². The Morgan fingerprint density at radius 3 is 2.67 bits per heavy atom. The van der Waals surface area contributed by atoms with Crippen LogP contribution in [0.5, 0.6) is 0 Å². The van der Waals surface area contributed by atoms with Gasteiger partial charge in [0.2, 0.25) is 5.91 Å². The zero-order chi connectivity index (χ0) is 17.1. The number of likely N-dealkylation sites (N-methyl/N-ethyl adjacent to an activating group) is 1. The molecule has 3 heterocycles. The normalized spacial score (nSPS) is 36.0. The van der Waals surface area contributed by atoms with Gasteiger partial charge >= 0.3 is 0 Å². The lowest BCUT2D eigenvalue weighted by Crippen LogP contribution is -2.51. The number of nitrogens with zero attached hydrogens (tertiary/aromatic N) is 4. The predicted molar refractivity (Wildman–Crippen MR) is 93.7 cm³/mol. The van der Waals surface area contributed by atoms with Gasteiger partial charge in [0, 0.05) is 35.8 Å². The van der Waals surface area contributed by atoms with Crippen molar-refractivity contribution >= 4 is 5.91 Å². The topological polar surface area (TPSA) is 41.4 Å². The quantitative estimate of drug-likeness (QED) is 0.836. The van der Waals surface area contributed by atoms with Crippen molar-refractivity contribution in [3.8, 4) is 0 Å². The predicted octanol–water partition coefficient (Wildman–Crippen LogP) is 2.36. The number of hydrogen-bond donors (Lipinski definition) is 0. The van der Waals surface area contributed by atoms with Gasteiger partial charge in [-0.15, -0.1) is 0 Å². The lowest BCUT2D eigenvalue weighted by Gasteiger charge is -2.44. The number of carbonyl (C=O) groups is 1. The zero-order valence-electron chi connectivity index (χ0n) is 15.5. The first-order valence-electron chi connectivity index (χ1n) is 9.42. The molecule has 3 fully saturated rings. The van der Waals surface area contributed by atoms with Gasteiger partial charge in [-0.05, 0) is 46.2 Å². The van der Waals surface area contributed by atoms with Crippen LogP contribution in [0.4, 0.5) is 0 Å². The minimum atomic E-state index is 0.260. The Bertz CT molecular complexity index is 654. The minimum absolute atomic E-state index is 0.260. The van der Waals surface area contributed by atoms with Gasteiger partial charge in [-0.3, -0.25) is 9.48 Å². The first-order chi connectivity index (χ1) is 11.4. The van der Waals surface area contributed by atoms with Crippen LogP contribution >= 0.6 is 0 Å². The molecule has 132 valence electrons. The lowest BCUT2D eigenvalue weighted by atomic mass is 9.71. The number of amides is 1. The summed E-state index contributed by atoms with van der Waals surface area (Å²) in [6, 6.07) is 3.47. The van der Waals surface area contributed by atoms with E-state index >= 15 is 0 Å². The molecular weight excluding hydrogens is 300 g/mol. The maximum absolute atomic E-state index is 13.2. The number of rotatable bonds is 2. The van der Waals surface area contributed by atoms with E-state index in [1.165, 1.54) is 32.1 Å². The van der Waals surface area contributed by atoms with Crippen molar-refractivity contribution in [2.45, 2.75) is 77.5 Å². The Hall–Kier alpha value is -1.36. The average Bonchev–Trinajstić information content (AvgIpc) is 2.85. The third kappa shape index (κ3) is 2.32. The van der Waals surface area contributed by atoms with Crippen LogP contribution in [0.3, 0.4) is 0 Å². The Morgan fingerprint density at radius 1 is 1.29 bits per heavy atom. The summed E-state index contributed by atoms with van der Waals surface area (Å²) in [7, 11) is 2.26. The van der Waals surface area contributed by atoms with Crippen LogP contribution in [0.1, 0.15) is 50.4 Å². The molecule has 2 aliphatic heterocycles. The van der Waals surface area contributed by atoms with Crippen molar-refractivity contribution in [1.29, 1.82) is 0 Å². The molecule has 1 aromatic rings. The molecule has 1 aliphatic carbocycles. The van der Waals surface area contributed by atoms with E-state index in [9.17, 15) is 4.79 Å². The van der Waals surface area contributed by atoms with Gasteiger partial charge < -0.3 is 9.80 Å². The molecule has 0 N–H and O–H groups in total. The third-order valence-corrected chi connectivity index (χ3v) is 6.84. The van der Waals surface area contributed by atoms with Crippen molar-refractivity contribution in [1.82, 2.24) is 19.6 Å². The maximum atomic E-state index is 13.2. The Balaban J connectivity index is 1.63. The molecule has 5 heteroatoms. The molecule has 3 aliphatic rings. The summed E-state index contributed by atoms with van der Waals surface area (Å²) < 4.78 is 1.88. The summed E-state index contributed by atoms with van der Waals surface area (Å²) in [5, 5.41) is 4.50. The third-order valence-electron chi connectivity index (χ3n) is 6.84. The van der Waals surface area contributed by atoms with Crippen LogP contribution in [-0.2, 0) is 11.3 Å². The fourth-order valence-corrected chi connectivity index (χ4v) is 5.90. The van der Waals surface area contributed by atoms with Crippen LogP contribution < -0.4 is 0 Å². The summed E-state index contributed by atoms with van der Waals surface area (Å²) in [5.74, 6) is 0.260. The van der Waals surface area contributed by atoms with Gasteiger partial charge in [-0.2, -0.15) is 5.10 Å². The molecule has 0 radical (unpaired) electrons. The molecule has 2 bridgehead atoms. The summed E-state index contributed by atoms with van der Waals surface area (Å²) in [6.45, 7) is 7.87. The molecule has 2 saturated heterocycles. The monoisotopic (exact) mass is 330 g/mol. The standard InChI is InChI=1S/C19H30N4O/c1-13-9-14(2)22(20-13)12-18(24)23-15-10-19(3)16(21(4)11-15)7-5-6-8-17(19)23/h9,15-17H,5-8,10-12H2,1-4H3/t15-,16+,17-,19+/m0/s1. The van der Waals surface area contributed by atoms with Crippen LogP contribution in [0, 0.1) is 19.3 Å². The number of aromatic nitrogens is 2. The van der Waals surface area contributed by atoms with Gasteiger partial charge in [-0.25, -0.2) is 0 Å². The largest absolute Gasteiger partial charge is 0.333 e. The fourth-order valence-electron chi connectivity index (χ4n) is 5.90. The van der Waals surface area contributed by atoms with Gasteiger partial charge in [0.25, 0.3) is 0 Å². The van der Waals surface area contributed by atoms with E-state index < -0.39 is 0 Å². The molecule has 1 aromatic heterocycles. The van der Waals surface area contributed by atoms with Crippen molar-refractivity contribution in [2.24, 2.45) is 5.41 Å². The SMILES string of the molecule is Cc1cc(C)n(CC(=O)N2[C@@H]3CN(C)[C@@H]4CCCC[C@H]2[C@]4(C)C3)n1.